The van der Waals surface area contributed by atoms with Crippen molar-refractivity contribution in [2.75, 3.05) is 13.1 Å². The molecule has 1 N–H and O–H groups in total. The summed E-state index contributed by atoms with van der Waals surface area (Å²) in [5.41, 5.74) is 1.88. The van der Waals surface area contributed by atoms with Crippen molar-refractivity contribution in [2.45, 2.75) is 25.7 Å². The molecule has 1 saturated carbocycles. The molecule has 1 amide bonds. The number of carbonyl (C=O) groups is 1. The number of para-hydroxylation sites is 1. The van der Waals surface area contributed by atoms with Crippen LogP contribution in [0.25, 0.3) is 10.9 Å². The molecule has 5 rings (SSSR count). The van der Waals surface area contributed by atoms with Gasteiger partial charge >= 0.3 is 0 Å². The molecule has 3 heteroatoms. The van der Waals surface area contributed by atoms with Gasteiger partial charge in [0.05, 0.1) is 5.56 Å². The van der Waals surface area contributed by atoms with Crippen molar-refractivity contribution in [3.05, 3.63) is 36.0 Å². The van der Waals surface area contributed by atoms with Gasteiger partial charge in [-0.05, 0) is 43.6 Å². The maximum absolute atomic E-state index is 12.9. The van der Waals surface area contributed by atoms with Crippen molar-refractivity contribution >= 4 is 16.8 Å². The Morgan fingerprint density at radius 2 is 1.70 bits per heavy atom. The quantitative estimate of drug-likeness (QED) is 0.845. The Bertz CT molecular complexity index is 623. The van der Waals surface area contributed by atoms with Crippen LogP contribution in [0.3, 0.4) is 0 Å². The van der Waals surface area contributed by atoms with Crippen LogP contribution in [0.5, 0.6) is 0 Å². The van der Waals surface area contributed by atoms with E-state index in [9.17, 15) is 4.79 Å². The number of hydrogen-bond acceptors (Lipinski definition) is 1. The molecule has 0 unspecified atom stereocenters. The molecule has 1 aromatic heterocycles. The van der Waals surface area contributed by atoms with E-state index in [0.29, 0.717) is 0 Å². The van der Waals surface area contributed by atoms with Gasteiger partial charge in [0.15, 0.2) is 0 Å². The average molecular weight is 268 g/mol. The highest BCUT2D eigenvalue weighted by Crippen LogP contribution is 2.34. The van der Waals surface area contributed by atoms with Gasteiger partial charge in [-0.3, -0.25) is 4.79 Å². The SMILES string of the molecule is O=C(c1c[nH]c2ccccc12)N1CC2CCC(CC2)C1. The zero-order valence-electron chi connectivity index (χ0n) is 11.6. The summed E-state index contributed by atoms with van der Waals surface area (Å²) >= 11 is 0. The Balaban J connectivity index is 1.66. The Morgan fingerprint density at radius 1 is 1.05 bits per heavy atom. The Morgan fingerprint density at radius 3 is 2.40 bits per heavy atom. The van der Waals surface area contributed by atoms with E-state index in [2.05, 4.69) is 9.88 Å². The number of aromatic amines is 1. The summed E-state index contributed by atoms with van der Waals surface area (Å²) in [6, 6.07) is 8.06. The van der Waals surface area contributed by atoms with Gasteiger partial charge in [-0.25, -0.2) is 0 Å². The number of nitrogens with one attached hydrogen (secondary N) is 1. The monoisotopic (exact) mass is 268 g/mol. The van der Waals surface area contributed by atoms with Gasteiger partial charge in [-0.1, -0.05) is 18.2 Å². The number of nitrogens with zero attached hydrogens (tertiary/aromatic N) is 1. The molecule has 2 aromatic rings. The Hall–Kier alpha value is -1.77. The zero-order valence-corrected chi connectivity index (χ0v) is 11.6. The number of rotatable bonds is 1. The van der Waals surface area contributed by atoms with Crippen LogP contribution in [0, 0.1) is 11.8 Å². The number of hydrogen-bond donors (Lipinski definition) is 1. The summed E-state index contributed by atoms with van der Waals surface area (Å²) in [5.74, 6) is 1.66. The first-order valence-corrected chi connectivity index (χ1v) is 7.66. The third kappa shape index (κ3) is 1.92. The minimum absolute atomic E-state index is 0.209. The van der Waals surface area contributed by atoms with Gasteiger partial charge in [-0.2, -0.15) is 0 Å². The lowest BCUT2D eigenvalue weighted by Crippen LogP contribution is -2.34. The molecule has 1 aromatic carbocycles. The molecule has 2 saturated heterocycles. The standard InChI is InChI=1S/C17H20N2O/c20-17(15-9-18-16-4-2-1-3-14(15)16)19-10-12-5-6-13(11-19)8-7-12/h1-4,9,12-13,18H,5-8,10-11H2. The second-order valence-electron chi connectivity index (χ2n) is 6.34. The normalized spacial score (nSPS) is 25.9. The van der Waals surface area contributed by atoms with E-state index in [1.165, 1.54) is 25.7 Å². The maximum Gasteiger partial charge on any atom is 0.256 e. The first-order chi connectivity index (χ1) is 9.81. The highest BCUT2D eigenvalue weighted by molar-refractivity contribution is 6.06. The predicted octanol–water partition coefficient (Wildman–Crippen LogP) is 3.43. The van der Waals surface area contributed by atoms with Crippen molar-refractivity contribution in [1.29, 1.82) is 0 Å². The first-order valence-electron chi connectivity index (χ1n) is 7.66. The number of H-pyrrole nitrogens is 1. The largest absolute Gasteiger partial charge is 0.360 e. The van der Waals surface area contributed by atoms with Crippen LogP contribution in [-0.2, 0) is 0 Å². The number of amides is 1. The summed E-state index contributed by atoms with van der Waals surface area (Å²) < 4.78 is 0. The fourth-order valence-corrected chi connectivity index (χ4v) is 3.88. The van der Waals surface area contributed by atoms with Crippen LogP contribution < -0.4 is 0 Å². The van der Waals surface area contributed by atoms with Crippen LogP contribution in [0.1, 0.15) is 36.0 Å². The van der Waals surface area contributed by atoms with E-state index in [-0.39, 0.29) is 5.91 Å². The average Bonchev–Trinajstić information content (AvgIpc) is 2.67. The van der Waals surface area contributed by atoms with Crippen molar-refractivity contribution in [3.8, 4) is 0 Å². The first kappa shape index (κ1) is 12.0. The summed E-state index contributed by atoms with van der Waals surface area (Å²) in [7, 11) is 0. The molecule has 3 fully saturated rings. The lowest BCUT2D eigenvalue weighted by Gasteiger charge is -2.22. The molecule has 2 bridgehead atoms. The molecule has 0 spiro atoms. The molecular formula is C17H20N2O. The summed E-state index contributed by atoms with van der Waals surface area (Å²) in [4.78, 5) is 18.2. The van der Waals surface area contributed by atoms with E-state index in [4.69, 9.17) is 0 Å². The summed E-state index contributed by atoms with van der Waals surface area (Å²) in [6.07, 6.45) is 7.11. The molecule has 2 aliphatic heterocycles. The van der Waals surface area contributed by atoms with Crippen LogP contribution in [0.15, 0.2) is 30.5 Å². The highest BCUT2D eigenvalue weighted by atomic mass is 16.2. The summed E-state index contributed by atoms with van der Waals surface area (Å²) in [5, 5.41) is 1.05. The number of carbonyl (C=O) groups excluding carboxylic acids is 1. The number of benzene rings is 1. The third-order valence-corrected chi connectivity index (χ3v) is 5.03. The van der Waals surface area contributed by atoms with Crippen LogP contribution in [-0.4, -0.2) is 28.9 Å². The van der Waals surface area contributed by atoms with Gasteiger partial charge in [0.1, 0.15) is 0 Å². The van der Waals surface area contributed by atoms with E-state index >= 15 is 0 Å². The van der Waals surface area contributed by atoms with Gasteiger partial charge < -0.3 is 9.88 Å². The molecule has 0 atom stereocenters. The fraction of sp³-hybridized carbons (Fsp3) is 0.471. The fourth-order valence-electron chi connectivity index (χ4n) is 3.88. The topological polar surface area (TPSA) is 36.1 Å². The zero-order chi connectivity index (χ0) is 13.5. The van der Waals surface area contributed by atoms with E-state index in [0.717, 1.165) is 41.4 Å². The smallest absolute Gasteiger partial charge is 0.256 e. The van der Waals surface area contributed by atoms with E-state index in [1.54, 1.807) is 0 Å². The molecule has 3 nitrogen and oxygen atoms in total. The van der Waals surface area contributed by atoms with Crippen molar-refractivity contribution < 1.29 is 4.79 Å². The van der Waals surface area contributed by atoms with E-state index < -0.39 is 0 Å². The highest BCUT2D eigenvalue weighted by Gasteiger charge is 2.32. The molecule has 3 heterocycles. The Kier molecular flexibility index (Phi) is 2.79. The molecule has 0 radical (unpaired) electrons. The second kappa shape index (κ2) is 4.65. The second-order valence-corrected chi connectivity index (χ2v) is 6.34. The van der Waals surface area contributed by atoms with Gasteiger partial charge in [0.2, 0.25) is 0 Å². The predicted molar refractivity (Wildman–Crippen MR) is 79.7 cm³/mol. The summed E-state index contributed by atoms with van der Waals surface area (Å²) in [6.45, 7) is 1.91. The maximum atomic E-state index is 12.9. The number of fused-ring (bicyclic) bond motifs is 5. The lowest BCUT2D eigenvalue weighted by molar-refractivity contribution is 0.0741. The van der Waals surface area contributed by atoms with Gasteiger partial charge in [-0.15, -0.1) is 0 Å². The number of aromatic nitrogens is 1. The van der Waals surface area contributed by atoms with Crippen LogP contribution >= 0.6 is 0 Å². The van der Waals surface area contributed by atoms with Gasteiger partial charge in [0.25, 0.3) is 5.91 Å². The van der Waals surface area contributed by atoms with Crippen molar-refractivity contribution in [3.63, 3.8) is 0 Å². The third-order valence-electron chi connectivity index (χ3n) is 5.03. The molecule has 104 valence electrons. The minimum atomic E-state index is 0.209. The Labute approximate surface area is 119 Å². The molecule has 3 aliphatic rings. The van der Waals surface area contributed by atoms with Crippen LogP contribution in [0.4, 0.5) is 0 Å². The molecular weight excluding hydrogens is 248 g/mol. The minimum Gasteiger partial charge on any atom is -0.360 e. The lowest BCUT2D eigenvalue weighted by atomic mass is 9.84. The van der Waals surface area contributed by atoms with Gasteiger partial charge in [0, 0.05) is 30.2 Å². The van der Waals surface area contributed by atoms with Crippen molar-refractivity contribution in [2.24, 2.45) is 11.8 Å². The van der Waals surface area contributed by atoms with Crippen LogP contribution in [0.2, 0.25) is 0 Å². The molecule has 20 heavy (non-hydrogen) atoms. The van der Waals surface area contributed by atoms with Crippen molar-refractivity contribution in [1.82, 2.24) is 9.88 Å². The molecule has 1 aliphatic carbocycles. The van der Waals surface area contributed by atoms with E-state index in [1.807, 2.05) is 30.5 Å².